The topological polar surface area (TPSA) is 60.9 Å². The fourth-order valence-corrected chi connectivity index (χ4v) is 2.54. The number of nitrogen functional groups attached to an aromatic ring is 1. The number of benzene rings is 1. The fraction of sp³-hybridized carbons (Fsp3) is 0.125. The first-order valence-electron chi connectivity index (χ1n) is 6.76. The first kappa shape index (κ1) is 14.2. The Bertz CT molecular complexity index is 914. The highest BCUT2D eigenvalue weighted by Crippen LogP contribution is 2.26. The summed E-state index contributed by atoms with van der Waals surface area (Å²) >= 11 is 0. The van der Waals surface area contributed by atoms with Crippen molar-refractivity contribution in [2.75, 3.05) is 5.73 Å². The van der Waals surface area contributed by atoms with Gasteiger partial charge in [-0.1, -0.05) is 6.07 Å². The molecule has 0 aliphatic carbocycles. The summed E-state index contributed by atoms with van der Waals surface area (Å²) in [6.45, 7) is 2.13. The Morgan fingerprint density at radius 3 is 2.55 bits per heavy atom. The molecule has 2 heterocycles. The third kappa shape index (κ3) is 2.13. The van der Waals surface area contributed by atoms with E-state index in [0.29, 0.717) is 17.4 Å². The lowest BCUT2D eigenvalue weighted by atomic mass is 10.0. The molecule has 0 fully saturated rings. The molecule has 22 heavy (non-hydrogen) atoms. The summed E-state index contributed by atoms with van der Waals surface area (Å²) in [4.78, 5) is 16.6. The standard InChI is InChI=1S/C16H13F2N3O/c1-2-21-13-7-14(19)20-8-9(13)6-10(16(21)22)15-11(17)4-3-5-12(15)18/h3-8H,2H2,1H3,(H2,19,20). The van der Waals surface area contributed by atoms with Crippen molar-refractivity contribution in [3.05, 3.63) is 58.5 Å². The van der Waals surface area contributed by atoms with Gasteiger partial charge in [-0.05, 0) is 25.1 Å². The Labute approximate surface area is 124 Å². The molecule has 0 unspecified atom stereocenters. The van der Waals surface area contributed by atoms with Crippen LogP contribution in [0.3, 0.4) is 0 Å². The van der Waals surface area contributed by atoms with Gasteiger partial charge in [0.05, 0.1) is 16.6 Å². The van der Waals surface area contributed by atoms with Crippen LogP contribution >= 0.6 is 0 Å². The van der Waals surface area contributed by atoms with Crippen molar-refractivity contribution in [3.63, 3.8) is 0 Å². The molecule has 0 aliphatic heterocycles. The van der Waals surface area contributed by atoms with E-state index in [2.05, 4.69) is 4.98 Å². The molecule has 0 saturated heterocycles. The zero-order valence-electron chi connectivity index (χ0n) is 11.8. The molecule has 1 aromatic carbocycles. The van der Waals surface area contributed by atoms with E-state index in [1.54, 1.807) is 13.0 Å². The number of hydrogen-bond acceptors (Lipinski definition) is 3. The van der Waals surface area contributed by atoms with Gasteiger partial charge in [0.15, 0.2) is 0 Å². The Morgan fingerprint density at radius 2 is 1.91 bits per heavy atom. The number of nitrogens with two attached hydrogens (primary N) is 1. The second-order valence-corrected chi connectivity index (χ2v) is 4.87. The minimum Gasteiger partial charge on any atom is -0.384 e. The molecule has 4 nitrogen and oxygen atoms in total. The van der Waals surface area contributed by atoms with Crippen LogP contribution < -0.4 is 11.3 Å². The van der Waals surface area contributed by atoms with Crippen LogP contribution in [-0.4, -0.2) is 9.55 Å². The van der Waals surface area contributed by atoms with Gasteiger partial charge in [-0.25, -0.2) is 13.8 Å². The van der Waals surface area contributed by atoms with Gasteiger partial charge in [0.1, 0.15) is 17.5 Å². The molecule has 2 aromatic heterocycles. The second-order valence-electron chi connectivity index (χ2n) is 4.87. The highest BCUT2D eigenvalue weighted by molar-refractivity contribution is 5.85. The van der Waals surface area contributed by atoms with E-state index in [0.717, 1.165) is 12.1 Å². The van der Waals surface area contributed by atoms with Crippen molar-refractivity contribution < 1.29 is 8.78 Å². The predicted molar refractivity (Wildman–Crippen MR) is 81.4 cm³/mol. The molecule has 0 saturated carbocycles. The third-order valence-electron chi connectivity index (χ3n) is 3.55. The lowest BCUT2D eigenvalue weighted by molar-refractivity contribution is 0.588. The molecule has 3 aromatic rings. The van der Waals surface area contributed by atoms with Gasteiger partial charge in [0.25, 0.3) is 5.56 Å². The summed E-state index contributed by atoms with van der Waals surface area (Å²) in [6.07, 6.45) is 1.48. The smallest absolute Gasteiger partial charge is 0.259 e. The zero-order valence-corrected chi connectivity index (χ0v) is 11.8. The normalized spacial score (nSPS) is 11.0. The molecule has 0 amide bonds. The second kappa shape index (κ2) is 5.22. The van der Waals surface area contributed by atoms with Crippen LogP contribution in [-0.2, 0) is 6.54 Å². The molecule has 0 radical (unpaired) electrons. The molecule has 0 aliphatic rings. The number of nitrogens with zero attached hydrogens (tertiary/aromatic N) is 2. The summed E-state index contributed by atoms with van der Waals surface area (Å²) < 4.78 is 29.4. The Hall–Kier alpha value is -2.76. The summed E-state index contributed by atoms with van der Waals surface area (Å²) in [7, 11) is 0. The number of aryl methyl sites for hydroxylation is 1. The zero-order chi connectivity index (χ0) is 15.9. The number of hydrogen-bond donors (Lipinski definition) is 1. The van der Waals surface area contributed by atoms with E-state index in [9.17, 15) is 13.6 Å². The molecule has 112 valence electrons. The van der Waals surface area contributed by atoms with Crippen molar-refractivity contribution in [3.8, 4) is 11.1 Å². The van der Waals surface area contributed by atoms with Crippen molar-refractivity contribution in [2.45, 2.75) is 13.5 Å². The molecule has 2 N–H and O–H groups in total. The van der Waals surface area contributed by atoms with Crippen molar-refractivity contribution >= 4 is 16.7 Å². The maximum absolute atomic E-state index is 14.0. The number of rotatable bonds is 2. The average Bonchev–Trinajstić information content (AvgIpc) is 2.48. The molecule has 3 rings (SSSR count). The highest BCUT2D eigenvalue weighted by atomic mass is 19.1. The number of anilines is 1. The Kier molecular flexibility index (Phi) is 3.36. The first-order valence-corrected chi connectivity index (χ1v) is 6.76. The lowest BCUT2D eigenvalue weighted by Crippen LogP contribution is -2.22. The Morgan fingerprint density at radius 1 is 1.23 bits per heavy atom. The van der Waals surface area contributed by atoms with Gasteiger partial charge in [-0.2, -0.15) is 0 Å². The van der Waals surface area contributed by atoms with Crippen molar-refractivity contribution in [1.82, 2.24) is 9.55 Å². The molecular formula is C16H13F2N3O. The number of aromatic nitrogens is 2. The van der Waals surface area contributed by atoms with Crippen LogP contribution in [0.1, 0.15) is 6.92 Å². The van der Waals surface area contributed by atoms with E-state index in [-0.39, 0.29) is 16.9 Å². The number of halogens is 2. The maximum atomic E-state index is 14.0. The molecule has 0 atom stereocenters. The molecular weight excluding hydrogens is 288 g/mol. The van der Waals surface area contributed by atoms with E-state index < -0.39 is 17.2 Å². The van der Waals surface area contributed by atoms with Gasteiger partial charge < -0.3 is 10.3 Å². The minimum atomic E-state index is -0.775. The monoisotopic (exact) mass is 301 g/mol. The van der Waals surface area contributed by atoms with Crippen molar-refractivity contribution in [2.24, 2.45) is 0 Å². The van der Waals surface area contributed by atoms with Crippen molar-refractivity contribution in [1.29, 1.82) is 0 Å². The van der Waals surface area contributed by atoms with Crippen LogP contribution in [0.25, 0.3) is 22.0 Å². The predicted octanol–water partition coefficient (Wildman–Crippen LogP) is 2.94. The fourth-order valence-electron chi connectivity index (χ4n) is 2.54. The average molecular weight is 301 g/mol. The SMILES string of the molecule is CCn1c(=O)c(-c2c(F)cccc2F)cc2cnc(N)cc21. The van der Waals surface area contributed by atoms with Crippen LogP contribution in [0, 0.1) is 11.6 Å². The Balaban J connectivity index is 2.44. The minimum absolute atomic E-state index is 0.0310. The molecule has 0 bridgehead atoms. The number of fused-ring (bicyclic) bond motifs is 1. The van der Waals surface area contributed by atoms with Crippen LogP contribution in [0.5, 0.6) is 0 Å². The van der Waals surface area contributed by atoms with Crippen LogP contribution in [0.2, 0.25) is 0 Å². The first-order chi connectivity index (χ1) is 10.5. The van der Waals surface area contributed by atoms with Gasteiger partial charge in [-0.15, -0.1) is 0 Å². The van der Waals surface area contributed by atoms with E-state index in [1.165, 1.54) is 22.9 Å². The highest BCUT2D eigenvalue weighted by Gasteiger charge is 2.17. The number of pyridine rings is 2. The maximum Gasteiger partial charge on any atom is 0.259 e. The lowest BCUT2D eigenvalue weighted by Gasteiger charge is -2.12. The molecule has 6 heteroatoms. The van der Waals surface area contributed by atoms with E-state index in [4.69, 9.17) is 5.73 Å². The summed E-state index contributed by atoms with van der Waals surface area (Å²) in [5, 5.41) is 0.591. The van der Waals surface area contributed by atoms with E-state index in [1.807, 2.05) is 0 Å². The van der Waals surface area contributed by atoms with Crippen LogP contribution in [0.15, 0.2) is 41.3 Å². The molecule has 0 spiro atoms. The largest absolute Gasteiger partial charge is 0.384 e. The van der Waals surface area contributed by atoms with Gasteiger partial charge in [0, 0.05) is 24.2 Å². The third-order valence-corrected chi connectivity index (χ3v) is 3.55. The summed E-state index contributed by atoms with van der Waals surface area (Å²) in [5.41, 5.74) is 5.41. The van der Waals surface area contributed by atoms with Crippen LogP contribution in [0.4, 0.5) is 14.6 Å². The van der Waals surface area contributed by atoms with Gasteiger partial charge in [-0.3, -0.25) is 4.79 Å². The summed E-state index contributed by atoms with van der Waals surface area (Å²) in [6, 6.07) is 6.52. The van der Waals surface area contributed by atoms with Gasteiger partial charge >= 0.3 is 0 Å². The van der Waals surface area contributed by atoms with Gasteiger partial charge in [0.2, 0.25) is 0 Å². The summed E-state index contributed by atoms with van der Waals surface area (Å²) in [5.74, 6) is -1.27. The quantitative estimate of drug-likeness (QED) is 0.791. The van der Waals surface area contributed by atoms with E-state index >= 15 is 0 Å².